The standard InChI is InChI=1S/C19H18N2O2/c1-21(2)19(22)17(13-20)11-16-9-6-10-18(12-16)23-14-15-7-4-3-5-8-15/h3-12H,14H2,1-2H3/b17-11+. The second-order valence-electron chi connectivity index (χ2n) is 5.22. The number of rotatable bonds is 5. The average molecular weight is 306 g/mol. The second-order valence-corrected chi connectivity index (χ2v) is 5.22. The maximum Gasteiger partial charge on any atom is 0.264 e. The maximum atomic E-state index is 11.9. The summed E-state index contributed by atoms with van der Waals surface area (Å²) in [5.41, 5.74) is 1.92. The zero-order chi connectivity index (χ0) is 16.7. The highest BCUT2D eigenvalue weighted by atomic mass is 16.5. The molecule has 2 aromatic rings. The minimum Gasteiger partial charge on any atom is -0.489 e. The van der Waals surface area contributed by atoms with E-state index in [1.807, 2.05) is 60.7 Å². The summed E-state index contributed by atoms with van der Waals surface area (Å²) in [6.07, 6.45) is 1.57. The smallest absolute Gasteiger partial charge is 0.264 e. The van der Waals surface area contributed by atoms with E-state index in [2.05, 4.69) is 0 Å². The third-order valence-electron chi connectivity index (χ3n) is 3.17. The molecule has 116 valence electrons. The Balaban J connectivity index is 2.13. The summed E-state index contributed by atoms with van der Waals surface area (Å²) in [6, 6.07) is 19.1. The first-order valence-electron chi connectivity index (χ1n) is 7.20. The van der Waals surface area contributed by atoms with Crippen LogP contribution in [-0.2, 0) is 11.4 Å². The normalized spacial score (nSPS) is 10.7. The Bertz CT molecular complexity index is 743. The van der Waals surface area contributed by atoms with Crippen molar-refractivity contribution in [2.75, 3.05) is 14.1 Å². The van der Waals surface area contributed by atoms with Crippen LogP contribution in [0.5, 0.6) is 5.75 Å². The maximum absolute atomic E-state index is 11.9. The molecule has 0 aliphatic rings. The van der Waals surface area contributed by atoms with Crippen molar-refractivity contribution in [3.8, 4) is 11.8 Å². The second kappa shape index (κ2) is 7.81. The molecule has 4 heteroatoms. The van der Waals surface area contributed by atoms with Crippen molar-refractivity contribution in [3.05, 3.63) is 71.3 Å². The minimum absolute atomic E-state index is 0.0928. The number of carbonyl (C=O) groups excluding carboxylic acids is 1. The van der Waals surface area contributed by atoms with E-state index < -0.39 is 0 Å². The third-order valence-corrected chi connectivity index (χ3v) is 3.17. The molecular formula is C19H18N2O2. The average Bonchev–Trinajstić information content (AvgIpc) is 2.58. The molecule has 0 heterocycles. The highest BCUT2D eigenvalue weighted by molar-refractivity contribution is 6.01. The van der Waals surface area contributed by atoms with Crippen molar-refractivity contribution in [2.45, 2.75) is 6.61 Å². The van der Waals surface area contributed by atoms with Gasteiger partial charge < -0.3 is 9.64 Å². The molecule has 0 radical (unpaired) electrons. The van der Waals surface area contributed by atoms with Gasteiger partial charge in [-0.15, -0.1) is 0 Å². The Kier molecular flexibility index (Phi) is 5.54. The van der Waals surface area contributed by atoms with Crippen LogP contribution in [0.25, 0.3) is 6.08 Å². The Labute approximate surface area is 136 Å². The number of carbonyl (C=O) groups is 1. The molecule has 0 aliphatic heterocycles. The van der Waals surface area contributed by atoms with Crippen molar-refractivity contribution in [2.24, 2.45) is 0 Å². The number of hydrogen-bond acceptors (Lipinski definition) is 3. The molecule has 0 bridgehead atoms. The number of amides is 1. The molecule has 23 heavy (non-hydrogen) atoms. The van der Waals surface area contributed by atoms with Crippen molar-refractivity contribution in [1.82, 2.24) is 4.90 Å². The van der Waals surface area contributed by atoms with Gasteiger partial charge in [-0.2, -0.15) is 5.26 Å². The fourth-order valence-corrected chi connectivity index (χ4v) is 1.98. The van der Waals surface area contributed by atoms with Crippen LogP contribution in [0.4, 0.5) is 0 Å². The number of nitrogens with zero attached hydrogens (tertiary/aromatic N) is 2. The molecule has 0 atom stereocenters. The molecule has 0 aliphatic carbocycles. The van der Waals surface area contributed by atoms with Gasteiger partial charge in [0.15, 0.2) is 0 Å². The van der Waals surface area contributed by atoms with E-state index in [0.717, 1.165) is 11.1 Å². The summed E-state index contributed by atoms with van der Waals surface area (Å²) < 4.78 is 5.75. The van der Waals surface area contributed by atoms with E-state index >= 15 is 0 Å². The van der Waals surface area contributed by atoms with E-state index in [1.165, 1.54) is 4.90 Å². The molecule has 0 N–H and O–H groups in total. The molecule has 1 amide bonds. The summed E-state index contributed by atoms with van der Waals surface area (Å²) in [7, 11) is 3.24. The van der Waals surface area contributed by atoms with Gasteiger partial charge in [0, 0.05) is 14.1 Å². The number of ether oxygens (including phenoxy) is 1. The minimum atomic E-state index is -0.317. The first-order valence-corrected chi connectivity index (χ1v) is 7.20. The Morgan fingerprint density at radius 3 is 2.57 bits per heavy atom. The van der Waals surface area contributed by atoms with Crippen LogP contribution in [0.2, 0.25) is 0 Å². The number of nitriles is 1. The molecule has 0 spiro atoms. The monoisotopic (exact) mass is 306 g/mol. The van der Waals surface area contributed by atoms with E-state index in [1.54, 1.807) is 20.2 Å². The van der Waals surface area contributed by atoms with E-state index in [9.17, 15) is 4.79 Å². The van der Waals surface area contributed by atoms with Gasteiger partial charge in [0.1, 0.15) is 24.0 Å². The van der Waals surface area contributed by atoms with Crippen LogP contribution >= 0.6 is 0 Å². The fourth-order valence-electron chi connectivity index (χ4n) is 1.98. The quantitative estimate of drug-likeness (QED) is 0.629. The van der Waals surface area contributed by atoms with Gasteiger partial charge in [-0.3, -0.25) is 4.79 Å². The molecule has 0 saturated carbocycles. The van der Waals surface area contributed by atoms with Gasteiger partial charge in [-0.25, -0.2) is 0 Å². The summed E-state index contributed by atoms with van der Waals surface area (Å²) in [5, 5.41) is 9.13. The highest BCUT2D eigenvalue weighted by Crippen LogP contribution is 2.17. The van der Waals surface area contributed by atoms with Crippen molar-refractivity contribution < 1.29 is 9.53 Å². The van der Waals surface area contributed by atoms with Gasteiger partial charge >= 0.3 is 0 Å². The lowest BCUT2D eigenvalue weighted by Crippen LogP contribution is -2.22. The largest absolute Gasteiger partial charge is 0.489 e. The molecule has 4 nitrogen and oxygen atoms in total. The molecule has 0 unspecified atom stereocenters. The van der Waals surface area contributed by atoms with Crippen LogP contribution in [-0.4, -0.2) is 24.9 Å². The number of benzene rings is 2. The lowest BCUT2D eigenvalue weighted by molar-refractivity contribution is -0.124. The van der Waals surface area contributed by atoms with E-state index in [0.29, 0.717) is 12.4 Å². The lowest BCUT2D eigenvalue weighted by atomic mass is 10.1. The summed E-state index contributed by atoms with van der Waals surface area (Å²) in [6.45, 7) is 0.468. The van der Waals surface area contributed by atoms with Crippen molar-refractivity contribution >= 4 is 12.0 Å². The Hall–Kier alpha value is -3.06. The third kappa shape index (κ3) is 4.72. The van der Waals surface area contributed by atoms with Gasteiger partial charge in [0.2, 0.25) is 0 Å². The van der Waals surface area contributed by atoms with E-state index in [-0.39, 0.29) is 11.5 Å². The predicted octanol–water partition coefficient (Wildman–Crippen LogP) is 3.26. The first kappa shape index (κ1) is 16.3. The summed E-state index contributed by atoms with van der Waals surface area (Å²) >= 11 is 0. The molecule has 0 saturated heterocycles. The van der Waals surface area contributed by atoms with Gasteiger partial charge in [0.05, 0.1) is 0 Å². The fraction of sp³-hybridized carbons (Fsp3) is 0.158. The van der Waals surface area contributed by atoms with Crippen molar-refractivity contribution in [1.29, 1.82) is 5.26 Å². The first-order chi connectivity index (χ1) is 11.1. The van der Waals surface area contributed by atoms with Gasteiger partial charge in [-0.05, 0) is 29.3 Å². The summed E-state index contributed by atoms with van der Waals surface area (Å²) in [5.74, 6) is 0.375. The SMILES string of the molecule is CN(C)C(=O)/C(C#N)=C/c1cccc(OCc2ccccc2)c1. The predicted molar refractivity (Wildman–Crippen MR) is 89.5 cm³/mol. The molecular weight excluding hydrogens is 288 g/mol. The van der Waals surface area contributed by atoms with Crippen LogP contribution < -0.4 is 4.74 Å². The molecule has 2 aromatic carbocycles. The van der Waals surface area contributed by atoms with Crippen LogP contribution in [0.3, 0.4) is 0 Å². The summed E-state index contributed by atoms with van der Waals surface area (Å²) in [4.78, 5) is 13.3. The van der Waals surface area contributed by atoms with Crippen LogP contribution in [0, 0.1) is 11.3 Å². The topological polar surface area (TPSA) is 53.3 Å². The molecule has 0 aromatic heterocycles. The zero-order valence-corrected chi connectivity index (χ0v) is 13.2. The van der Waals surface area contributed by atoms with Crippen LogP contribution in [0.15, 0.2) is 60.2 Å². The van der Waals surface area contributed by atoms with Gasteiger partial charge in [0.25, 0.3) is 5.91 Å². The van der Waals surface area contributed by atoms with Gasteiger partial charge in [-0.1, -0.05) is 42.5 Å². The molecule has 2 rings (SSSR count). The lowest BCUT2D eigenvalue weighted by Gasteiger charge is -2.09. The number of hydrogen-bond donors (Lipinski definition) is 0. The highest BCUT2D eigenvalue weighted by Gasteiger charge is 2.11. The molecule has 0 fully saturated rings. The number of likely N-dealkylation sites (N-methyl/N-ethyl adjacent to an activating group) is 1. The Morgan fingerprint density at radius 1 is 1.17 bits per heavy atom. The zero-order valence-electron chi connectivity index (χ0n) is 13.2. The Morgan fingerprint density at radius 2 is 1.91 bits per heavy atom. The van der Waals surface area contributed by atoms with Crippen molar-refractivity contribution in [3.63, 3.8) is 0 Å². The van der Waals surface area contributed by atoms with Crippen LogP contribution in [0.1, 0.15) is 11.1 Å². The van der Waals surface area contributed by atoms with E-state index in [4.69, 9.17) is 10.00 Å².